The molecule has 0 radical (unpaired) electrons. The van der Waals surface area contributed by atoms with Gasteiger partial charge in [0.1, 0.15) is 0 Å². The summed E-state index contributed by atoms with van der Waals surface area (Å²) in [6, 6.07) is 10.5. The predicted molar refractivity (Wildman–Crippen MR) is 81.7 cm³/mol. The van der Waals surface area contributed by atoms with Crippen molar-refractivity contribution in [1.29, 1.82) is 0 Å². The highest BCUT2D eigenvalue weighted by Gasteiger charge is 2.16. The van der Waals surface area contributed by atoms with Crippen molar-refractivity contribution in [2.75, 3.05) is 20.1 Å². The topological polar surface area (TPSA) is 54.2 Å². The lowest BCUT2D eigenvalue weighted by molar-refractivity contribution is 0.238. The molecule has 1 aromatic heterocycles. The van der Waals surface area contributed by atoms with Crippen molar-refractivity contribution in [1.82, 2.24) is 20.4 Å². The van der Waals surface area contributed by atoms with Crippen LogP contribution in [0.15, 0.2) is 34.7 Å². The predicted octanol–water partition coefficient (Wildman–Crippen LogP) is 2.31. The summed E-state index contributed by atoms with van der Waals surface area (Å²) in [5, 5.41) is 11.8. The summed E-state index contributed by atoms with van der Waals surface area (Å²) < 4.78 is 5.75. The number of benzene rings is 1. The zero-order valence-corrected chi connectivity index (χ0v) is 12.5. The molecule has 3 rings (SSSR count). The second-order valence-corrected chi connectivity index (χ2v) is 5.71. The Morgan fingerprint density at radius 2 is 2.10 bits per heavy atom. The van der Waals surface area contributed by atoms with Crippen LogP contribution < -0.4 is 5.32 Å². The highest BCUT2D eigenvalue weighted by Crippen LogP contribution is 2.17. The maximum Gasteiger partial charge on any atom is 0.247 e. The molecule has 1 N–H and O–H groups in total. The van der Waals surface area contributed by atoms with Crippen molar-refractivity contribution in [3.8, 4) is 11.5 Å². The number of hydrogen-bond acceptors (Lipinski definition) is 5. The monoisotopic (exact) mass is 286 g/mol. The van der Waals surface area contributed by atoms with E-state index in [9.17, 15) is 0 Å². The summed E-state index contributed by atoms with van der Waals surface area (Å²) in [4.78, 5) is 2.24. The molecule has 21 heavy (non-hydrogen) atoms. The fraction of sp³-hybridized carbons (Fsp3) is 0.500. The van der Waals surface area contributed by atoms with E-state index < -0.39 is 0 Å². The molecule has 112 valence electrons. The van der Waals surface area contributed by atoms with Gasteiger partial charge in [0.15, 0.2) is 0 Å². The van der Waals surface area contributed by atoms with Crippen LogP contribution in [0.1, 0.15) is 25.2 Å². The number of hydrogen-bond donors (Lipinski definition) is 1. The molecule has 5 nitrogen and oxygen atoms in total. The van der Waals surface area contributed by atoms with Gasteiger partial charge >= 0.3 is 0 Å². The molecule has 2 aromatic rings. The molecule has 0 saturated carbocycles. The van der Waals surface area contributed by atoms with Crippen LogP contribution in [0.25, 0.3) is 11.5 Å². The normalized spacial score (nSPS) is 19.0. The number of nitrogens with zero attached hydrogens (tertiary/aromatic N) is 3. The number of nitrogens with one attached hydrogen (secondary N) is 1. The molecular formula is C16H22N4O. The number of aromatic nitrogens is 2. The average Bonchev–Trinajstić information content (AvgIpc) is 2.97. The Morgan fingerprint density at radius 3 is 2.86 bits per heavy atom. The van der Waals surface area contributed by atoms with Gasteiger partial charge in [-0.05, 0) is 38.6 Å². The highest BCUT2D eigenvalue weighted by molar-refractivity contribution is 5.51. The molecule has 5 heteroatoms. The Balaban J connectivity index is 1.56. The lowest BCUT2D eigenvalue weighted by Gasteiger charge is -2.27. The van der Waals surface area contributed by atoms with Crippen molar-refractivity contribution in [3.63, 3.8) is 0 Å². The van der Waals surface area contributed by atoms with E-state index in [1.165, 1.54) is 19.3 Å². The Kier molecular flexibility index (Phi) is 4.62. The van der Waals surface area contributed by atoms with Gasteiger partial charge in [-0.3, -0.25) is 4.90 Å². The lowest BCUT2D eigenvalue weighted by Crippen LogP contribution is -2.42. The van der Waals surface area contributed by atoms with E-state index in [-0.39, 0.29) is 0 Å². The van der Waals surface area contributed by atoms with Crippen LogP contribution in [0.4, 0.5) is 0 Å². The van der Waals surface area contributed by atoms with Crippen LogP contribution in [-0.2, 0) is 6.54 Å². The molecule has 0 aliphatic carbocycles. The number of piperidine rings is 1. The van der Waals surface area contributed by atoms with Gasteiger partial charge in [0.25, 0.3) is 0 Å². The average molecular weight is 286 g/mol. The zero-order valence-electron chi connectivity index (χ0n) is 12.5. The van der Waals surface area contributed by atoms with Crippen molar-refractivity contribution < 1.29 is 4.42 Å². The van der Waals surface area contributed by atoms with E-state index in [4.69, 9.17) is 4.42 Å². The molecule has 1 fully saturated rings. The van der Waals surface area contributed by atoms with Gasteiger partial charge in [-0.1, -0.05) is 24.6 Å². The molecule has 2 heterocycles. The van der Waals surface area contributed by atoms with E-state index in [1.807, 2.05) is 30.3 Å². The summed E-state index contributed by atoms with van der Waals surface area (Å²) in [7, 11) is 2.10. The zero-order chi connectivity index (χ0) is 14.5. The fourth-order valence-corrected chi connectivity index (χ4v) is 2.77. The molecule has 1 atom stereocenters. The van der Waals surface area contributed by atoms with Crippen LogP contribution in [0.5, 0.6) is 0 Å². The lowest BCUT2D eigenvalue weighted by atomic mass is 10.0. The van der Waals surface area contributed by atoms with Gasteiger partial charge < -0.3 is 9.73 Å². The van der Waals surface area contributed by atoms with Gasteiger partial charge in [-0.25, -0.2) is 0 Å². The minimum absolute atomic E-state index is 0.584. The second-order valence-electron chi connectivity index (χ2n) is 5.71. The van der Waals surface area contributed by atoms with Crippen LogP contribution in [0, 0.1) is 0 Å². The van der Waals surface area contributed by atoms with Crippen molar-refractivity contribution in [3.05, 3.63) is 36.2 Å². The number of rotatable bonds is 5. The van der Waals surface area contributed by atoms with E-state index in [1.54, 1.807) is 0 Å². The van der Waals surface area contributed by atoms with Crippen LogP contribution in [0.3, 0.4) is 0 Å². The largest absolute Gasteiger partial charge is 0.419 e. The smallest absolute Gasteiger partial charge is 0.247 e. The van der Waals surface area contributed by atoms with E-state index in [0.29, 0.717) is 24.4 Å². The molecule has 1 unspecified atom stereocenters. The molecule has 1 aliphatic rings. The summed E-state index contributed by atoms with van der Waals surface area (Å²) >= 11 is 0. The third-order valence-electron chi connectivity index (χ3n) is 3.84. The first kappa shape index (κ1) is 14.2. The van der Waals surface area contributed by atoms with Crippen molar-refractivity contribution in [2.24, 2.45) is 0 Å². The van der Waals surface area contributed by atoms with Gasteiger partial charge in [0.2, 0.25) is 11.8 Å². The van der Waals surface area contributed by atoms with Gasteiger partial charge in [-0.15, -0.1) is 10.2 Å². The van der Waals surface area contributed by atoms with Crippen molar-refractivity contribution in [2.45, 2.75) is 31.8 Å². The first-order chi connectivity index (χ1) is 10.3. The molecular weight excluding hydrogens is 264 g/mol. The minimum Gasteiger partial charge on any atom is -0.419 e. The Labute approximate surface area is 125 Å². The van der Waals surface area contributed by atoms with Gasteiger partial charge in [0.05, 0.1) is 6.54 Å². The Bertz CT molecular complexity index is 548. The first-order valence-electron chi connectivity index (χ1n) is 7.61. The third-order valence-corrected chi connectivity index (χ3v) is 3.84. The molecule has 1 aliphatic heterocycles. The summed E-state index contributed by atoms with van der Waals surface area (Å²) in [6.07, 6.45) is 3.87. The molecule has 0 bridgehead atoms. The quantitative estimate of drug-likeness (QED) is 0.914. The highest BCUT2D eigenvalue weighted by atomic mass is 16.4. The molecule has 0 amide bonds. The van der Waals surface area contributed by atoms with Crippen LogP contribution >= 0.6 is 0 Å². The molecule has 0 spiro atoms. The minimum atomic E-state index is 0.584. The Hall–Kier alpha value is -1.72. The summed E-state index contributed by atoms with van der Waals surface area (Å²) in [6.45, 7) is 2.85. The SMILES string of the molecule is CN(Cc1nnc(-c2ccccc2)o1)CC1CCCCN1. The van der Waals surface area contributed by atoms with Crippen LogP contribution in [0.2, 0.25) is 0 Å². The summed E-state index contributed by atoms with van der Waals surface area (Å²) in [5.41, 5.74) is 0.966. The van der Waals surface area contributed by atoms with E-state index in [2.05, 4.69) is 27.5 Å². The maximum absolute atomic E-state index is 5.75. The van der Waals surface area contributed by atoms with Gasteiger partial charge in [0, 0.05) is 18.2 Å². The molecule has 1 saturated heterocycles. The fourth-order valence-electron chi connectivity index (χ4n) is 2.77. The Morgan fingerprint density at radius 1 is 1.24 bits per heavy atom. The molecule has 1 aromatic carbocycles. The summed E-state index contributed by atoms with van der Waals surface area (Å²) in [5.74, 6) is 1.27. The van der Waals surface area contributed by atoms with Crippen molar-refractivity contribution >= 4 is 0 Å². The van der Waals surface area contributed by atoms with Crippen LogP contribution in [-0.4, -0.2) is 41.3 Å². The number of likely N-dealkylation sites (N-methyl/N-ethyl adjacent to an activating group) is 1. The van der Waals surface area contributed by atoms with Gasteiger partial charge in [-0.2, -0.15) is 0 Å². The first-order valence-corrected chi connectivity index (χ1v) is 7.61. The second kappa shape index (κ2) is 6.83. The standard InChI is InChI=1S/C16H22N4O/c1-20(11-14-9-5-6-10-17-14)12-15-18-19-16(21-15)13-7-3-2-4-8-13/h2-4,7-8,14,17H,5-6,9-12H2,1H3. The van der Waals surface area contributed by atoms with E-state index >= 15 is 0 Å². The van der Waals surface area contributed by atoms with E-state index in [0.717, 1.165) is 18.7 Å². The third kappa shape index (κ3) is 3.89. The maximum atomic E-state index is 5.75.